The lowest BCUT2D eigenvalue weighted by Gasteiger charge is -2.26. The fraction of sp³-hybridized carbons (Fsp3) is 0.364. The summed E-state index contributed by atoms with van der Waals surface area (Å²) < 4.78 is 58.8. The Morgan fingerprint density at radius 3 is 2.52 bits per heavy atom. The van der Waals surface area contributed by atoms with Crippen molar-refractivity contribution in [2.45, 2.75) is 31.0 Å². The molecule has 33 heavy (non-hydrogen) atoms. The summed E-state index contributed by atoms with van der Waals surface area (Å²) in [6, 6.07) is 3.31. The Balaban J connectivity index is 1.90. The van der Waals surface area contributed by atoms with E-state index in [0.29, 0.717) is 16.0 Å². The standard InChI is InChI=1S/C22H24F2N2O5S2/c1-4-26(5-2)33(29,30)22-20(21(28)31-3)15-10-11-25(13-18(15)32-22)19(27)9-7-14-6-8-16(23)17(24)12-14/h6-9,12H,4-5,10-11,13H2,1-3H3/b9-7+. The van der Waals surface area contributed by atoms with E-state index in [2.05, 4.69) is 0 Å². The minimum Gasteiger partial charge on any atom is -0.465 e. The third-order valence-corrected chi connectivity index (χ3v) is 9.13. The second-order valence-electron chi connectivity index (χ2n) is 7.26. The summed E-state index contributed by atoms with van der Waals surface area (Å²) in [5, 5.41) is 0. The average molecular weight is 499 g/mol. The van der Waals surface area contributed by atoms with Crippen LogP contribution in [0.5, 0.6) is 0 Å². The predicted molar refractivity (Wildman–Crippen MR) is 120 cm³/mol. The predicted octanol–water partition coefficient (Wildman–Crippen LogP) is 3.44. The minimum absolute atomic E-state index is 0.0360. The van der Waals surface area contributed by atoms with E-state index in [1.165, 1.54) is 34.5 Å². The molecule has 1 aliphatic rings. The lowest BCUT2D eigenvalue weighted by molar-refractivity contribution is -0.126. The molecule has 0 aliphatic carbocycles. The highest BCUT2D eigenvalue weighted by Crippen LogP contribution is 2.38. The number of hydrogen-bond donors (Lipinski definition) is 0. The maximum absolute atomic E-state index is 13.4. The Bertz CT molecular complexity index is 1200. The summed E-state index contributed by atoms with van der Waals surface area (Å²) >= 11 is 0.971. The van der Waals surface area contributed by atoms with Gasteiger partial charge in [-0.25, -0.2) is 22.0 Å². The van der Waals surface area contributed by atoms with Crippen molar-refractivity contribution in [3.8, 4) is 0 Å². The highest BCUT2D eigenvalue weighted by atomic mass is 32.2. The molecule has 0 saturated heterocycles. The van der Waals surface area contributed by atoms with E-state index >= 15 is 0 Å². The van der Waals surface area contributed by atoms with Gasteiger partial charge in [-0.05, 0) is 35.8 Å². The van der Waals surface area contributed by atoms with Crippen molar-refractivity contribution in [3.05, 3.63) is 57.5 Å². The van der Waals surface area contributed by atoms with E-state index in [1.807, 2.05) is 0 Å². The highest BCUT2D eigenvalue weighted by molar-refractivity contribution is 7.91. The van der Waals surface area contributed by atoms with Crippen molar-refractivity contribution in [2.75, 3.05) is 26.7 Å². The third kappa shape index (κ3) is 4.99. The molecule has 11 heteroatoms. The zero-order valence-corrected chi connectivity index (χ0v) is 20.1. The summed E-state index contributed by atoms with van der Waals surface area (Å²) in [5.74, 6) is -3.08. The monoisotopic (exact) mass is 498 g/mol. The minimum atomic E-state index is -3.91. The molecule has 0 N–H and O–H groups in total. The first kappa shape index (κ1) is 25.0. The molecule has 3 rings (SSSR count). The number of halogens is 2. The van der Waals surface area contributed by atoms with Crippen LogP contribution in [0.1, 0.15) is 40.2 Å². The first-order chi connectivity index (χ1) is 15.6. The fourth-order valence-electron chi connectivity index (χ4n) is 3.63. The molecule has 1 aromatic heterocycles. The molecule has 2 heterocycles. The summed E-state index contributed by atoms with van der Waals surface area (Å²) in [6.07, 6.45) is 2.92. The van der Waals surface area contributed by atoms with Crippen LogP contribution in [0, 0.1) is 11.6 Å². The highest BCUT2D eigenvalue weighted by Gasteiger charge is 2.36. The largest absolute Gasteiger partial charge is 0.465 e. The summed E-state index contributed by atoms with van der Waals surface area (Å²) in [4.78, 5) is 27.3. The number of sulfonamides is 1. The van der Waals surface area contributed by atoms with Gasteiger partial charge in [-0.15, -0.1) is 11.3 Å². The summed E-state index contributed by atoms with van der Waals surface area (Å²) in [5.41, 5.74) is 0.941. The quantitative estimate of drug-likeness (QED) is 0.431. The molecular formula is C22H24F2N2O5S2. The van der Waals surface area contributed by atoms with Gasteiger partial charge >= 0.3 is 5.97 Å². The fourth-order valence-corrected chi connectivity index (χ4v) is 7.12. The van der Waals surface area contributed by atoms with E-state index < -0.39 is 27.6 Å². The van der Waals surface area contributed by atoms with Crippen molar-refractivity contribution in [1.29, 1.82) is 0 Å². The van der Waals surface area contributed by atoms with Crippen molar-refractivity contribution in [3.63, 3.8) is 0 Å². The van der Waals surface area contributed by atoms with Gasteiger partial charge in [0.15, 0.2) is 11.6 Å². The third-order valence-electron chi connectivity index (χ3n) is 5.37. The number of benzene rings is 1. The second-order valence-corrected chi connectivity index (χ2v) is 10.5. The number of hydrogen-bond acceptors (Lipinski definition) is 6. The topological polar surface area (TPSA) is 84.0 Å². The van der Waals surface area contributed by atoms with E-state index in [0.717, 1.165) is 23.5 Å². The van der Waals surface area contributed by atoms with Crippen LogP contribution in [-0.4, -0.2) is 56.2 Å². The van der Waals surface area contributed by atoms with Gasteiger partial charge in [0.05, 0.1) is 19.2 Å². The van der Waals surface area contributed by atoms with E-state index in [-0.39, 0.29) is 48.3 Å². The smallest absolute Gasteiger partial charge is 0.340 e. The van der Waals surface area contributed by atoms with Crippen molar-refractivity contribution in [2.24, 2.45) is 0 Å². The lowest BCUT2D eigenvalue weighted by Crippen LogP contribution is -2.34. The van der Waals surface area contributed by atoms with Gasteiger partial charge in [-0.3, -0.25) is 4.79 Å². The number of carbonyl (C=O) groups is 2. The van der Waals surface area contributed by atoms with E-state index in [1.54, 1.807) is 13.8 Å². The molecule has 7 nitrogen and oxygen atoms in total. The molecule has 0 fully saturated rings. The van der Waals surface area contributed by atoms with Crippen molar-refractivity contribution >= 4 is 39.3 Å². The number of esters is 1. The maximum atomic E-state index is 13.4. The normalized spacial score (nSPS) is 14.1. The van der Waals surface area contributed by atoms with Gasteiger partial charge in [0.2, 0.25) is 5.91 Å². The number of fused-ring (bicyclic) bond motifs is 1. The van der Waals surface area contributed by atoms with Gasteiger partial charge in [0.25, 0.3) is 10.0 Å². The molecule has 0 saturated carbocycles. The molecule has 1 amide bonds. The van der Waals surface area contributed by atoms with Gasteiger partial charge < -0.3 is 9.64 Å². The molecule has 0 bridgehead atoms. The van der Waals surface area contributed by atoms with E-state index in [4.69, 9.17) is 4.74 Å². The van der Waals surface area contributed by atoms with Crippen LogP contribution in [0.3, 0.4) is 0 Å². The number of thiophene rings is 1. The molecule has 0 unspecified atom stereocenters. The van der Waals surface area contributed by atoms with Crippen LogP contribution in [0.2, 0.25) is 0 Å². The van der Waals surface area contributed by atoms with Crippen molar-refractivity contribution in [1.82, 2.24) is 9.21 Å². The molecule has 0 spiro atoms. The van der Waals surface area contributed by atoms with Gasteiger partial charge in [0, 0.05) is 30.6 Å². The van der Waals surface area contributed by atoms with Crippen LogP contribution < -0.4 is 0 Å². The Kier molecular flexibility index (Phi) is 7.65. The number of nitrogens with zero attached hydrogens (tertiary/aromatic N) is 2. The van der Waals surface area contributed by atoms with E-state index in [9.17, 15) is 26.8 Å². The van der Waals surface area contributed by atoms with Crippen LogP contribution in [0.4, 0.5) is 8.78 Å². The molecule has 0 radical (unpaired) electrons. The summed E-state index contributed by atoms with van der Waals surface area (Å²) in [6.45, 7) is 4.32. The number of rotatable bonds is 7. The molecule has 1 aromatic carbocycles. The molecule has 178 valence electrons. The molecule has 1 aliphatic heterocycles. The van der Waals surface area contributed by atoms with Crippen LogP contribution in [0.15, 0.2) is 28.5 Å². The Morgan fingerprint density at radius 1 is 1.21 bits per heavy atom. The van der Waals surface area contributed by atoms with Crippen LogP contribution in [0.25, 0.3) is 6.08 Å². The maximum Gasteiger partial charge on any atom is 0.340 e. The zero-order chi connectivity index (χ0) is 24.3. The molecule has 0 atom stereocenters. The number of ether oxygens (including phenoxy) is 1. The number of amides is 1. The van der Waals surface area contributed by atoms with Gasteiger partial charge in [-0.1, -0.05) is 19.9 Å². The van der Waals surface area contributed by atoms with Gasteiger partial charge in [-0.2, -0.15) is 4.31 Å². The van der Waals surface area contributed by atoms with Crippen LogP contribution in [-0.2, 0) is 32.5 Å². The molecular weight excluding hydrogens is 474 g/mol. The lowest BCUT2D eigenvalue weighted by atomic mass is 10.0. The number of methoxy groups -OCH3 is 1. The van der Waals surface area contributed by atoms with Gasteiger partial charge in [0.1, 0.15) is 4.21 Å². The Morgan fingerprint density at radius 2 is 1.91 bits per heavy atom. The zero-order valence-electron chi connectivity index (χ0n) is 18.4. The first-order valence-electron chi connectivity index (χ1n) is 10.3. The second kappa shape index (κ2) is 10.1. The molecule has 2 aromatic rings. The van der Waals surface area contributed by atoms with Crippen LogP contribution >= 0.6 is 11.3 Å². The first-order valence-corrected chi connectivity index (χ1v) is 12.5. The number of carbonyl (C=O) groups excluding carboxylic acids is 2. The average Bonchev–Trinajstić information content (AvgIpc) is 3.19. The summed E-state index contributed by atoms with van der Waals surface area (Å²) in [7, 11) is -2.71. The SMILES string of the molecule is CCN(CC)S(=O)(=O)c1sc2c(c1C(=O)OC)CCN(C(=O)/C=C/c1ccc(F)c(F)c1)C2. The Labute approximate surface area is 195 Å². The Hall–Kier alpha value is -2.63. The van der Waals surface area contributed by atoms with Crippen molar-refractivity contribution < 1.29 is 31.5 Å².